The van der Waals surface area contributed by atoms with Gasteiger partial charge in [-0.3, -0.25) is 0 Å². The number of H-pyrrole nitrogens is 1. The Balaban J connectivity index is 1.75. The van der Waals surface area contributed by atoms with Crippen LogP contribution in [-0.2, 0) is 6.42 Å². The highest BCUT2D eigenvalue weighted by Gasteiger charge is 2.13. The van der Waals surface area contributed by atoms with Crippen LogP contribution in [0.5, 0.6) is 5.88 Å². The van der Waals surface area contributed by atoms with Crippen molar-refractivity contribution in [2.75, 3.05) is 25.1 Å². The fourth-order valence-electron chi connectivity index (χ4n) is 2.46. The molecule has 0 aliphatic rings. The second-order valence-corrected chi connectivity index (χ2v) is 4.92. The molecule has 0 amide bonds. The summed E-state index contributed by atoms with van der Waals surface area (Å²) in [6, 6.07) is 8.05. The first kappa shape index (κ1) is 14.3. The maximum absolute atomic E-state index is 5.29. The van der Waals surface area contributed by atoms with Gasteiger partial charge in [-0.2, -0.15) is 0 Å². The van der Waals surface area contributed by atoms with Crippen molar-refractivity contribution < 1.29 is 4.74 Å². The number of anilines is 1. The predicted octanol–water partition coefficient (Wildman–Crippen LogP) is 2.43. The summed E-state index contributed by atoms with van der Waals surface area (Å²) in [4.78, 5) is 18.7. The Morgan fingerprint density at radius 2 is 2.00 bits per heavy atom. The molecular weight excluding hydrogens is 278 g/mol. The lowest BCUT2D eigenvalue weighted by Crippen LogP contribution is -2.27. The van der Waals surface area contributed by atoms with Crippen LogP contribution in [0, 0.1) is 0 Å². The number of aromatic amines is 1. The maximum atomic E-state index is 5.29. The van der Waals surface area contributed by atoms with Crippen LogP contribution in [0.4, 0.5) is 5.82 Å². The summed E-state index contributed by atoms with van der Waals surface area (Å²) < 4.78 is 5.29. The molecule has 0 aliphatic carbocycles. The first-order valence-electron chi connectivity index (χ1n) is 7.35. The predicted molar refractivity (Wildman–Crippen MR) is 86.3 cm³/mol. The maximum Gasteiger partial charge on any atom is 0.257 e. The lowest BCUT2D eigenvalue weighted by Gasteiger charge is -2.22. The van der Waals surface area contributed by atoms with Gasteiger partial charge in [-0.15, -0.1) is 0 Å². The minimum absolute atomic E-state index is 0.550. The van der Waals surface area contributed by atoms with Gasteiger partial charge in [0.2, 0.25) is 0 Å². The van der Waals surface area contributed by atoms with Gasteiger partial charge in [-0.05, 0) is 19.1 Å². The number of nitrogens with one attached hydrogen (secondary N) is 1. The Morgan fingerprint density at radius 3 is 2.77 bits per heavy atom. The molecule has 3 rings (SSSR count). The summed E-state index contributed by atoms with van der Waals surface area (Å²) >= 11 is 0. The van der Waals surface area contributed by atoms with Crippen molar-refractivity contribution in [2.45, 2.75) is 13.3 Å². The zero-order chi connectivity index (χ0) is 15.4. The van der Waals surface area contributed by atoms with E-state index in [-0.39, 0.29) is 0 Å². The van der Waals surface area contributed by atoms with Crippen LogP contribution in [0.15, 0.2) is 36.7 Å². The van der Waals surface area contributed by atoms with Gasteiger partial charge in [0.25, 0.3) is 5.88 Å². The van der Waals surface area contributed by atoms with E-state index in [1.807, 2.05) is 24.3 Å². The average Bonchev–Trinajstić information content (AvgIpc) is 2.98. The van der Waals surface area contributed by atoms with E-state index in [4.69, 9.17) is 4.74 Å². The van der Waals surface area contributed by atoms with E-state index in [1.54, 1.807) is 19.5 Å². The molecule has 0 fully saturated rings. The van der Waals surface area contributed by atoms with Gasteiger partial charge >= 0.3 is 0 Å². The molecule has 22 heavy (non-hydrogen) atoms. The van der Waals surface area contributed by atoms with Gasteiger partial charge in [-0.25, -0.2) is 15.0 Å². The van der Waals surface area contributed by atoms with E-state index in [1.165, 1.54) is 0 Å². The van der Waals surface area contributed by atoms with Crippen LogP contribution in [0.25, 0.3) is 11.0 Å². The Labute approximate surface area is 129 Å². The molecule has 0 saturated heterocycles. The minimum atomic E-state index is 0.550. The van der Waals surface area contributed by atoms with Crippen LogP contribution in [0.1, 0.15) is 12.7 Å². The summed E-state index contributed by atoms with van der Waals surface area (Å²) in [6.45, 7) is 3.72. The molecule has 114 valence electrons. The quantitative estimate of drug-likeness (QED) is 0.757. The number of rotatable bonds is 6. The fraction of sp³-hybridized carbons (Fsp3) is 0.312. The Hall–Kier alpha value is -2.63. The number of hydrogen-bond acceptors (Lipinski definition) is 5. The first-order valence-corrected chi connectivity index (χ1v) is 7.35. The van der Waals surface area contributed by atoms with Gasteiger partial charge in [0.05, 0.1) is 18.1 Å². The lowest BCUT2D eigenvalue weighted by atomic mass is 10.3. The SMILES string of the molecule is CCN(CCc1nc2ccccc2[nH]1)c1nccnc1OC. The molecule has 6 nitrogen and oxygen atoms in total. The van der Waals surface area contributed by atoms with Crippen molar-refractivity contribution in [2.24, 2.45) is 0 Å². The van der Waals surface area contributed by atoms with Gasteiger partial charge in [0, 0.05) is 31.9 Å². The molecule has 0 unspecified atom stereocenters. The molecule has 2 aromatic heterocycles. The highest BCUT2D eigenvalue weighted by molar-refractivity contribution is 5.74. The summed E-state index contributed by atoms with van der Waals surface area (Å²) in [6.07, 6.45) is 4.12. The van der Waals surface area contributed by atoms with Crippen molar-refractivity contribution in [3.05, 3.63) is 42.5 Å². The third-order valence-corrected chi connectivity index (χ3v) is 3.58. The van der Waals surface area contributed by atoms with Gasteiger partial charge in [0.15, 0.2) is 5.82 Å². The number of hydrogen-bond donors (Lipinski definition) is 1. The molecule has 0 bridgehead atoms. The van der Waals surface area contributed by atoms with Crippen LogP contribution in [0.2, 0.25) is 0 Å². The summed E-state index contributed by atoms with van der Waals surface area (Å²) in [5.74, 6) is 2.29. The molecule has 0 spiro atoms. The van der Waals surface area contributed by atoms with Crippen molar-refractivity contribution in [1.82, 2.24) is 19.9 Å². The number of benzene rings is 1. The molecule has 6 heteroatoms. The second-order valence-electron chi connectivity index (χ2n) is 4.92. The van der Waals surface area contributed by atoms with E-state index in [9.17, 15) is 0 Å². The zero-order valence-electron chi connectivity index (χ0n) is 12.8. The summed E-state index contributed by atoms with van der Waals surface area (Å²) in [5, 5.41) is 0. The van der Waals surface area contributed by atoms with Crippen molar-refractivity contribution in [1.29, 1.82) is 0 Å². The molecule has 0 atom stereocenters. The standard InChI is InChI=1S/C16H19N5O/c1-3-21(15-16(22-2)18-10-9-17-15)11-8-14-19-12-6-4-5-7-13(12)20-14/h4-7,9-10H,3,8,11H2,1-2H3,(H,19,20). The van der Waals surface area contributed by atoms with E-state index in [2.05, 4.69) is 31.8 Å². The number of imidazole rings is 1. The molecule has 1 N–H and O–H groups in total. The van der Waals surface area contributed by atoms with Crippen LogP contribution in [0.3, 0.4) is 0 Å². The number of fused-ring (bicyclic) bond motifs is 1. The van der Waals surface area contributed by atoms with Gasteiger partial charge in [0.1, 0.15) is 5.82 Å². The summed E-state index contributed by atoms with van der Waals surface area (Å²) in [5.41, 5.74) is 2.07. The second kappa shape index (κ2) is 6.43. The van der Waals surface area contributed by atoms with E-state index < -0.39 is 0 Å². The fourth-order valence-corrected chi connectivity index (χ4v) is 2.46. The van der Waals surface area contributed by atoms with Crippen molar-refractivity contribution in [3.8, 4) is 5.88 Å². The number of likely N-dealkylation sites (N-methyl/N-ethyl adjacent to an activating group) is 1. The zero-order valence-corrected chi connectivity index (χ0v) is 12.8. The lowest BCUT2D eigenvalue weighted by molar-refractivity contribution is 0.395. The molecule has 2 heterocycles. The van der Waals surface area contributed by atoms with E-state index in [0.29, 0.717) is 5.88 Å². The molecule has 0 aliphatic heterocycles. The molecule has 0 radical (unpaired) electrons. The topological polar surface area (TPSA) is 66.9 Å². The van der Waals surface area contributed by atoms with Crippen molar-refractivity contribution in [3.63, 3.8) is 0 Å². The molecular formula is C16H19N5O. The minimum Gasteiger partial charge on any atom is -0.478 e. The third kappa shape index (κ3) is 2.86. The highest BCUT2D eigenvalue weighted by Crippen LogP contribution is 2.22. The first-order chi connectivity index (χ1) is 10.8. The number of nitrogens with zero attached hydrogens (tertiary/aromatic N) is 4. The van der Waals surface area contributed by atoms with Gasteiger partial charge in [-0.1, -0.05) is 12.1 Å². The number of ether oxygens (including phenoxy) is 1. The highest BCUT2D eigenvalue weighted by atomic mass is 16.5. The molecule has 3 aromatic rings. The average molecular weight is 297 g/mol. The summed E-state index contributed by atoms with van der Waals surface area (Å²) in [7, 11) is 1.61. The van der Waals surface area contributed by atoms with Crippen LogP contribution >= 0.6 is 0 Å². The largest absolute Gasteiger partial charge is 0.478 e. The van der Waals surface area contributed by atoms with E-state index in [0.717, 1.165) is 42.2 Å². The number of methoxy groups -OCH3 is 1. The normalized spacial score (nSPS) is 10.8. The smallest absolute Gasteiger partial charge is 0.257 e. The molecule has 0 saturated carbocycles. The Kier molecular flexibility index (Phi) is 4.18. The number of para-hydroxylation sites is 2. The van der Waals surface area contributed by atoms with Crippen molar-refractivity contribution >= 4 is 16.9 Å². The van der Waals surface area contributed by atoms with E-state index >= 15 is 0 Å². The van der Waals surface area contributed by atoms with Crippen LogP contribution < -0.4 is 9.64 Å². The Morgan fingerprint density at radius 1 is 1.18 bits per heavy atom. The van der Waals surface area contributed by atoms with Crippen LogP contribution in [-0.4, -0.2) is 40.1 Å². The number of aromatic nitrogens is 4. The molecule has 1 aromatic carbocycles. The monoisotopic (exact) mass is 297 g/mol. The Bertz CT molecular complexity index is 722. The third-order valence-electron chi connectivity index (χ3n) is 3.58. The van der Waals surface area contributed by atoms with Gasteiger partial charge < -0.3 is 14.6 Å².